The summed E-state index contributed by atoms with van der Waals surface area (Å²) in [5.41, 5.74) is 2.93. The molecule has 0 bridgehead atoms. The van der Waals surface area contributed by atoms with Crippen LogP contribution in [-0.4, -0.2) is 12.2 Å². The molecule has 3 atom stereocenters. The highest BCUT2D eigenvalue weighted by Gasteiger charge is 2.28. The lowest BCUT2D eigenvalue weighted by Gasteiger charge is -2.17. The van der Waals surface area contributed by atoms with E-state index in [9.17, 15) is 0 Å². The molecule has 3 rings (SSSR count). The second-order valence-electron chi connectivity index (χ2n) is 5.01. The monoisotopic (exact) mass is 217 g/mol. The van der Waals surface area contributed by atoms with Crippen molar-refractivity contribution >= 4 is 0 Å². The summed E-state index contributed by atoms with van der Waals surface area (Å²) >= 11 is 0. The van der Waals surface area contributed by atoms with E-state index < -0.39 is 0 Å². The number of hydrogen-bond donors (Lipinski definition) is 1. The Balaban J connectivity index is 1.69. The zero-order chi connectivity index (χ0) is 11.0. The maximum absolute atomic E-state index is 5.90. The number of rotatable bonds is 2. The van der Waals surface area contributed by atoms with Crippen molar-refractivity contribution < 1.29 is 4.74 Å². The SMILES string of the molecule is CC1CCC(CC2NCc3ccccc32)O1. The van der Waals surface area contributed by atoms with Crippen LogP contribution in [0.2, 0.25) is 0 Å². The molecule has 2 aliphatic rings. The highest BCUT2D eigenvalue weighted by atomic mass is 16.5. The van der Waals surface area contributed by atoms with E-state index in [2.05, 4.69) is 36.5 Å². The van der Waals surface area contributed by atoms with Gasteiger partial charge in [-0.25, -0.2) is 0 Å². The molecule has 2 nitrogen and oxygen atoms in total. The molecule has 0 saturated carbocycles. The van der Waals surface area contributed by atoms with Gasteiger partial charge in [0.15, 0.2) is 0 Å². The zero-order valence-electron chi connectivity index (χ0n) is 9.78. The lowest BCUT2D eigenvalue weighted by atomic mass is 9.99. The molecule has 2 aliphatic heterocycles. The number of hydrogen-bond acceptors (Lipinski definition) is 2. The molecule has 0 radical (unpaired) electrons. The van der Waals surface area contributed by atoms with E-state index in [1.165, 1.54) is 24.0 Å². The summed E-state index contributed by atoms with van der Waals surface area (Å²) in [6.07, 6.45) is 4.49. The molecule has 0 aromatic heterocycles. The summed E-state index contributed by atoms with van der Waals surface area (Å²) < 4.78 is 5.90. The standard InChI is InChI=1S/C14H19NO/c1-10-6-7-12(16-10)8-14-13-5-3-2-4-11(13)9-15-14/h2-5,10,12,14-15H,6-9H2,1H3. The van der Waals surface area contributed by atoms with Gasteiger partial charge in [-0.3, -0.25) is 0 Å². The fourth-order valence-corrected chi connectivity index (χ4v) is 2.91. The van der Waals surface area contributed by atoms with Crippen LogP contribution in [0, 0.1) is 0 Å². The van der Waals surface area contributed by atoms with Gasteiger partial charge in [-0.05, 0) is 37.3 Å². The molecule has 86 valence electrons. The zero-order valence-corrected chi connectivity index (χ0v) is 9.78. The maximum atomic E-state index is 5.90. The van der Waals surface area contributed by atoms with Crippen LogP contribution in [0.1, 0.15) is 43.4 Å². The fraction of sp³-hybridized carbons (Fsp3) is 0.571. The van der Waals surface area contributed by atoms with Gasteiger partial charge in [0.05, 0.1) is 12.2 Å². The molecule has 2 heterocycles. The molecule has 1 fully saturated rings. The highest BCUT2D eigenvalue weighted by molar-refractivity contribution is 5.33. The van der Waals surface area contributed by atoms with Crippen molar-refractivity contribution in [1.29, 1.82) is 0 Å². The molecule has 2 heteroatoms. The van der Waals surface area contributed by atoms with E-state index in [1.54, 1.807) is 0 Å². The molecule has 0 spiro atoms. The van der Waals surface area contributed by atoms with Crippen LogP contribution in [0.25, 0.3) is 0 Å². The number of nitrogens with one attached hydrogen (secondary N) is 1. The van der Waals surface area contributed by atoms with Crippen molar-refractivity contribution in [1.82, 2.24) is 5.32 Å². The Labute approximate surface area is 97.0 Å². The van der Waals surface area contributed by atoms with E-state index in [-0.39, 0.29) is 0 Å². The second-order valence-corrected chi connectivity index (χ2v) is 5.01. The van der Waals surface area contributed by atoms with Gasteiger partial charge in [-0.15, -0.1) is 0 Å². The Hall–Kier alpha value is -0.860. The van der Waals surface area contributed by atoms with Crippen molar-refractivity contribution in [2.45, 2.75) is 51.0 Å². The first-order chi connectivity index (χ1) is 7.83. The van der Waals surface area contributed by atoms with Gasteiger partial charge < -0.3 is 10.1 Å². The second kappa shape index (κ2) is 4.19. The molecular weight excluding hydrogens is 198 g/mol. The van der Waals surface area contributed by atoms with Crippen LogP contribution < -0.4 is 5.32 Å². The summed E-state index contributed by atoms with van der Waals surface area (Å²) in [4.78, 5) is 0. The molecular formula is C14H19NO. The smallest absolute Gasteiger partial charge is 0.0597 e. The van der Waals surface area contributed by atoms with E-state index >= 15 is 0 Å². The van der Waals surface area contributed by atoms with Gasteiger partial charge in [0.2, 0.25) is 0 Å². The van der Waals surface area contributed by atoms with Crippen LogP contribution in [-0.2, 0) is 11.3 Å². The molecule has 3 unspecified atom stereocenters. The van der Waals surface area contributed by atoms with Crippen molar-refractivity contribution in [2.24, 2.45) is 0 Å². The number of fused-ring (bicyclic) bond motifs is 1. The molecule has 1 aromatic carbocycles. The molecule has 1 saturated heterocycles. The molecule has 0 aliphatic carbocycles. The minimum Gasteiger partial charge on any atom is -0.375 e. The average Bonchev–Trinajstić information content (AvgIpc) is 2.87. The van der Waals surface area contributed by atoms with E-state index in [0.29, 0.717) is 18.2 Å². The van der Waals surface area contributed by atoms with Crippen molar-refractivity contribution in [3.05, 3.63) is 35.4 Å². The van der Waals surface area contributed by atoms with Crippen molar-refractivity contribution in [3.63, 3.8) is 0 Å². The molecule has 16 heavy (non-hydrogen) atoms. The first kappa shape index (κ1) is 10.3. The maximum Gasteiger partial charge on any atom is 0.0597 e. The van der Waals surface area contributed by atoms with Gasteiger partial charge in [0, 0.05) is 12.6 Å². The highest BCUT2D eigenvalue weighted by Crippen LogP contribution is 2.32. The van der Waals surface area contributed by atoms with Gasteiger partial charge >= 0.3 is 0 Å². The van der Waals surface area contributed by atoms with E-state index in [0.717, 1.165) is 13.0 Å². The van der Waals surface area contributed by atoms with Crippen LogP contribution in [0.4, 0.5) is 0 Å². The Kier molecular flexibility index (Phi) is 2.70. The van der Waals surface area contributed by atoms with Gasteiger partial charge in [-0.1, -0.05) is 24.3 Å². The molecule has 1 N–H and O–H groups in total. The van der Waals surface area contributed by atoms with Gasteiger partial charge in [0.1, 0.15) is 0 Å². The Morgan fingerprint density at radius 2 is 2.19 bits per heavy atom. The largest absolute Gasteiger partial charge is 0.375 e. The number of benzene rings is 1. The molecule has 0 amide bonds. The van der Waals surface area contributed by atoms with Crippen molar-refractivity contribution in [2.75, 3.05) is 0 Å². The van der Waals surface area contributed by atoms with Gasteiger partial charge in [0.25, 0.3) is 0 Å². The fourth-order valence-electron chi connectivity index (χ4n) is 2.91. The van der Waals surface area contributed by atoms with Crippen LogP contribution >= 0.6 is 0 Å². The predicted octanol–water partition coefficient (Wildman–Crippen LogP) is 2.79. The third-order valence-corrected chi connectivity index (χ3v) is 3.79. The third-order valence-electron chi connectivity index (χ3n) is 3.79. The lowest BCUT2D eigenvalue weighted by molar-refractivity contribution is 0.0451. The average molecular weight is 217 g/mol. The van der Waals surface area contributed by atoms with Crippen LogP contribution in [0.15, 0.2) is 24.3 Å². The lowest BCUT2D eigenvalue weighted by Crippen LogP contribution is -2.19. The van der Waals surface area contributed by atoms with E-state index in [1.807, 2.05) is 0 Å². The Bertz CT molecular complexity index is 377. The first-order valence-electron chi connectivity index (χ1n) is 6.29. The summed E-state index contributed by atoms with van der Waals surface area (Å²) in [6.45, 7) is 3.19. The third kappa shape index (κ3) is 1.87. The predicted molar refractivity (Wildman–Crippen MR) is 64.2 cm³/mol. The normalized spacial score (nSPS) is 32.9. The quantitative estimate of drug-likeness (QED) is 0.822. The topological polar surface area (TPSA) is 21.3 Å². The van der Waals surface area contributed by atoms with Gasteiger partial charge in [-0.2, -0.15) is 0 Å². The van der Waals surface area contributed by atoms with Crippen molar-refractivity contribution in [3.8, 4) is 0 Å². The minimum absolute atomic E-state index is 0.457. The summed E-state index contributed by atoms with van der Waals surface area (Å²) in [7, 11) is 0. The summed E-state index contributed by atoms with van der Waals surface area (Å²) in [5, 5.41) is 3.58. The summed E-state index contributed by atoms with van der Waals surface area (Å²) in [6, 6.07) is 9.24. The number of ether oxygens (including phenoxy) is 1. The first-order valence-corrected chi connectivity index (χ1v) is 6.29. The Morgan fingerprint density at radius 1 is 1.31 bits per heavy atom. The van der Waals surface area contributed by atoms with Crippen LogP contribution in [0.5, 0.6) is 0 Å². The van der Waals surface area contributed by atoms with Crippen LogP contribution in [0.3, 0.4) is 0 Å². The molecule has 1 aromatic rings. The Morgan fingerprint density at radius 3 is 3.00 bits per heavy atom. The summed E-state index contributed by atoms with van der Waals surface area (Å²) in [5.74, 6) is 0. The minimum atomic E-state index is 0.457. The van der Waals surface area contributed by atoms with E-state index in [4.69, 9.17) is 4.74 Å².